The lowest BCUT2D eigenvalue weighted by Crippen LogP contribution is -2.32. The van der Waals surface area contributed by atoms with Gasteiger partial charge in [0.05, 0.1) is 11.1 Å². The number of aryl methyl sites for hydroxylation is 2. The Labute approximate surface area is 110 Å². The number of aromatic nitrogens is 1. The second-order valence-electron chi connectivity index (χ2n) is 4.61. The first kappa shape index (κ1) is 14.9. The van der Waals surface area contributed by atoms with Crippen LogP contribution in [0.4, 0.5) is 5.69 Å². The maximum atomic E-state index is 11.8. The van der Waals surface area contributed by atoms with Gasteiger partial charge in [0.2, 0.25) is 5.91 Å². The van der Waals surface area contributed by atoms with Crippen LogP contribution in [0, 0.1) is 17.0 Å². The summed E-state index contributed by atoms with van der Waals surface area (Å²) in [4.78, 5) is 33.4. The largest absolute Gasteiger partial charge is 0.354 e. The zero-order chi connectivity index (χ0) is 14.6. The van der Waals surface area contributed by atoms with Crippen molar-refractivity contribution in [3.05, 3.63) is 38.3 Å². The standard InChI is InChI=1S/C12H17N3O4/c1-8(2)13-11(16)4-5-14-7-10(15(18)19)6-9(3)12(14)17/h6-8H,4-5H2,1-3H3,(H,13,16). The van der Waals surface area contributed by atoms with Crippen molar-refractivity contribution in [3.63, 3.8) is 0 Å². The summed E-state index contributed by atoms with van der Waals surface area (Å²) in [6, 6.07) is 1.25. The predicted octanol–water partition coefficient (Wildman–Crippen LogP) is 0.980. The molecule has 7 nitrogen and oxygen atoms in total. The van der Waals surface area contributed by atoms with Gasteiger partial charge in [0, 0.05) is 30.6 Å². The second kappa shape index (κ2) is 6.12. The Balaban J connectivity index is 2.86. The van der Waals surface area contributed by atoms with Crippen LogP contribution in [0.2, 0.25) is 0 Å². The van der Waals surface area contributed by atoms with Crippen LogP contribution in [-0.2, 0) is 11.3 Å². The first-order chi connectivity index (χ1) is 8.81. The van der Waals surface area contributed by atoms with Gasteiger partial charge in [-0.1, -0.05) is 0 Å². The third-order valence-corrected chi connectivity index (χ3v) is 2.49. The Hall–Kier alpha value is -2.18. The van der Waals surface area contributed by atoms with Crippen molar-refractivity contribution >= 4 is 11.6 Å². The van der Waals surface area contributed by atoms with Crippen molar-refractivity contribution in [2.45, 2.75) is 39.8 Å². The predicted molar refractivity (Wildman–Crippen MR) is 70.0 cm³/mol. The molecule has 104 valence electrons. The summed E-state index contributed by atoms with van der Waals surface area (Å²) in [5, 5.41) is 13.4. The first-order valence-electron chi connectivity index (χ1n) is 5.96. The van der Waals surface area contributed by atoms with E-state index in [-0.39, 0.29) is 36.2 Å². The van der Waals surface area contributed by atoms with E-state index in [0.29, 0.717) is 5.56 Å². The number of nitrogens with zero attached hydrogens (tertiary/aromatic N) is 2. The van der Waals surface area contributed by atoms with Crippen molar-refractivity contribution in [2.24, 2.45) is 0 Å². The minimum Gasteiger partial charge on any atom is -0.354 e. The van der Waals surface area contributed by atoms with Crippen molar-refractivity contribution in [2.75, 3.05) is 0 Å². The number of carbonyl (C=O) groups is 1. The van der Waals surface area contributed by atoms with Crippen LogP contribution < -0.4 is 10.9 Å². The molecule has 0 spiro atoms. The molecular weight excluding hydrogens is 250 g/mol. The van der Waals surface area contributed by atoms with E-state index in [1.165, 1.54) is 17.6 Å². The molecule has 1 amide bonds. The average Bonchev–Trinajstić information content (AvgIpc) is 2.29. The van der Waals surface area contributed by atoms with Gasteiger partial charge in [-0.2, -0.15) is 0 Å². The SMILES string of the molecule is Cc1cc([N+](=O)[O-])cn(CCC(=O)NC(C)C)c1=O. The summed E-state index contributed by atoms with van der Waals surface area (Å²) in [6.45, 7) is 5.31. The molecule has 0 saturated heterocycles. The zero-order valence-electron chi connectivity index (χ0n) is 11.2. The van der Waals surface area contributed by atoms with E-state index in [9.17, 15) is 19.7 Å². The molecule has 1 heterocycles. The van der Waals surface area contributed by atoms with E-state index in [4.69, 9.17) is 0 Å². The number of nitrogens with one attached hydrogen (secondary N) is 1. The van der Waals surface area contributed by atoms with Gasteiger partial charge in [-0.25, -0.2) is 0 Å². The van der Waals surface area contributed by atoms with Crippen LogP contribution in [0.5, 0.6) is 0 Å². The second-order valence-corrected chi connectivity index (χ2v) is 4.61. The number of nitro groups is 1. The van der Waals surface area contributed by atoms with Crippen LogP contribution in [0.15, 0.2) is 17.1 Å². The lowest BCUT2D eigenvalue weighted by Gasteiger charge is -2.09. The molecule has 0 bridgehead atoms. The van der Waals surface area contributed by atoms with Crippen LogP contribution >= 0.6 is 0 Å². The number of hydrogen-bond donors (Lipinski definition) is 1. The summed E-state index contributed by atoms with van der Waals surface area (Å²) in [6.07, 6.45) is 1.27. The number of carbonyl (C=O) groups excluding carboxylic acids is 1. The molecule has 1 N–H and O–H groups in total. The van der Waals surface area contributed by atoms with E-state index >= 15 is 0 Å². The van der Waals surface area contributed by atoms with Gasteiger partial charge in [-0.15, -0.1) is 0 Å². The van der Waals surface area contributed by atoms with Crippen molar-refractivity contribution in [1.82, 2.24) is 9.88 Å². The molecule has 0 aromatic carbocycles. The Bertz CT molecular complexity index is 548. The van der Waals surface area contributed by atoms with Gasteiger partial charge < -0.3 is 9.88 Å². The van der Waals surface area contributed by atoms with Crippen molar-refractivity contribution in [1.29, 1.82) is 0 Å². The fourth-order valence-electron chi connectivity index (χ4n) is 1.65. The summed E-state index contributed by atoms with van der Waals surface area (Å²) in [7, 11) is 0. The molecule has 1 aromatic rings. The lowest BCUT2D eigenvalue weighted by molar-refractivity contribution is -0.385. The average molecular weight is 267 g/mol. The topological polar surface area (TPSA) is 94.2 Å². The van der Waals surface area contributed by atoms with Crippen LogP contribution in [0.1, 0.15) is 25.8 Å². The van der Waals surface area contributed by atoms with E-state index in [1.54, 1.807) is 0 Å². The van der Waals surface area contributed by atoms with E-state index in [2.05, 4.69) is 5.32 Å². The minimum absolute atomic E-state index is 0.0241. The highest BCUT2D eigenvalue weighted by Crippen LogP contribution is 2.09. The fraction of sp³-hybridized carbons (Fsp3) is 0.500. The molecule has 0 saturated carbocycles. The molecule has 0 fully saturated rings. The van der Waals surface area contributed by atoms with Crippen LogP contribution in [0.3, 0.4) is 0 Å². The summed E-state index contributed by atoms with van der Waals surface area (Å²) < 4.78 is 1.20. The normalized spacial score (nSPS) is 10.5. The van der Waals surface area contributed by atoms with Gasteiger partial charge >= 0.3 is 0 Å². The highest BCUT2D eigenvalue weighted by atomic mass is 16.6. The Morgan fingerprint density at radius 1 is 1.53 bits per heavy atom. The molecule has 1 aromatic heterocycles. The summed E-state index contributed by atoms with van der Waals surface area (Å²) >= 11 is 0. The van der Waals surface area contributed by atoms with Crippen LogP contribution in [-0.4, -0.2) is 21.4 Å². The van der Waals surface area contributed by atoms with Gasteiger partial charge in [-0.3, -0.25) is 19.7 Å². The third kappa shape index (κ3) is 4.20. The highest BCUT2D eigenvalue weighted by Gasteiger charge is 2.12. The molecule has 0 radical (unpaired) electrons. The van der Waals surface area contributed by atoms with E-state index < -0.39 is 4.92 Å². The van der Waals surface area contributed by atoms with E-state index in [0.717, 1.165) is 6.20 Å². The molecule has 19 heavy (non-hydrogen) atoms. The monoisotopic (exact) mass is 267 g/mol. The van der Waals surface area contributed by atoms with Crippen molar-refractivity contribution in [3.8, 4) is 0 Å². The summed E-state index contributed by atoms with van der Waals surface area (Å²) in [5.74, 6) is -0.189. The maximum Gasteiger partial charge on any atom is 0.286 e. The van der Waals surface area contributed by atoms with Gasteiger partial charge in [0.15, 0.2) is 0 Å². The molecule has 0 atom stereocenters. The number of pyridine rings is 1. The molecule has 7 heteroatoms. The molecule has 0 aliphatic carbocycles. The summed E-state index contributed by atoms with van der Waals surface area (Å²) in [5.41, 5.74) is -0.178. The molecule has 0 aliphatic heterocycles. The molecule has 0 unspecified atom stereocenters. The van der Waals surface area contributed by atoms with Gasteiger partial charge in [-0.05, 0) is 20.8 Å². The van der Waals surface area contributed by atoms with Crippen molar-refractivity contribution < 1.29 is 9.72 Å². The number of rotatable bonds is 5. The number of amides is 1. The van der Waals surface area contributed by atoms with Crippen LogP contribution in [0.25, 0.3) is 0 Å². The Kier molecular flexibility index (Phi) is 4.80. The fourth-order valence-corrected chi connectivity index (χ4v) is 1.65. The maximum absolute atomic E-state index is 11.8. The Morgan fingerprint density at radius 3 is 2.68 bits per heavy atom. The minimum atomic E-state index is -0.558. The Morgan fingerprint density at radius 2 is 2.16 bits per heavy atom. The highest BCUT2D eigenvalue weighted by molar-refractivity contribution is 5.76. The lowest BCUT2D eigenvalue weighted by atomic mass is 10.2. The first-order valence-corrected chi connectivity index (χ1v) is 5.96. The quantitative estimate of drug-likeness (QED) is 0.635. The molecule has 1 rings (SSSR count). The zero-order valence-corrected chi connectivity index (χ0v) is 11.2. The van der Waals surface area contributed by atoms with Gasteiger partial charge in [0.25, 0.3) is 11.2 Å². The smallest absolute Gasteiger partial charge is 0.286 e. The molecular formula is C12H17N3O4. The molecule has 0 aliphatic rings. The number of hydrogen-bond acceptors (Lipinski definition) is 4. The third-order valence-electron chi connectivity index (χ3n) is 2.49. The van der Waals surface area contributed by atoms with E-state index in [1.807, 2.05) is 13.8 Å². The van der Waals surface area contributed by atoms with Gasteiger partial charge in [0.1, 0.15) is 0 Å².